The van der Waals surface area contributed by atoms with Crippen molar-refractivity contribution in [3.63, 3.8) is 0 Å². The normalized spacial score (nSPS) is 10.8. The van der Waals surface area contributed by atoms with Crippen molar-refractivity contribution >= 4 is 50.9 Å². The lowest BCUT2D eigenvalue weighted by atomic mass is 10.0. The van der Waals surface area contributed by atoms with Gasteiger partial charge in [0, 0.05) is 21.5 Å². The largest absolute Gasteiger partial charge is 0.465 e. The number of methoxy groups -OCH3 is 1. The monoisotopic (exact) mass is 412 g/mol. The molecule has 2 heterocycles. The lowest BCUT2D eigenvalue weighted by molar-refractivity contribution is 0.0603. The van der Waals surface area contributed by atoms with E-state index in [1.165, 1.54) is 24.8 Å². The fourth-order valence-electron chi connectivity index (χ4n) is 2.77. The average molecular weight is 413 g/mol. The molecule has 4 aromatic rings. The number of benzene rings is 2. The van der Waals surface area contributed by atoms with E-state index in [0.29, 0.717) is 37.8 Å². The first-order valence-electron chi connectivity index (χ1n) is 8.17. The number of esters is 1. The van der Waals surface area contributed by atoms with Crippen LogP contribution in [0, 0.1) is 0 Å². The number of nitrogens with one attached hydrogen (secondary N) is 1. The molecule has 0 spiro atoms. The highest BCUT2D eigenvalue weighted by Gasteiger charge is 2.23. The van der Waals surface area contributed by atoms with E-state index in [1.54, 1.807) is 47.8 Å². The van der Waals surface area contributed by atoms with Crippen molar-refractivity contribution < 1.29 is 18.7 Å². The molecular weight excluding hydrogens is 400 g/mol. The van der Waals surface area contributed by atoms with Gasteiger partial charge in [0.05, 0.1) is 7.11 Å². The number of halogens is 1. The van der Waals surface area contributed by atoms with E-state index < -0.39 is 5.97 Å². The van der Waals surface area contributed by atoms with Crippen LogP contribution in [0.15, 0.2) is 58.7 Å². The lowest BCUT2D eigenvalue weighted by Crippen LogP contribution is -2.14. The Labute approximate surface area is 168 Å². The van der Waals surface area contributed by atoms with Gasteiger partial charge >= 0.3 is 5.97 Å². The van der Waals surface area contributed by atoms with Crippen LogP contribution in [-0.2, 0) is 4.74 Å². The highest BCUT2D eigenvalue weighted by Crippen LogP contribution is 2.36. The van der Waals surface area contributed by atoms with Crippen molar-refractivity contribution in [2.45, 2.75) is 0 Å². The van der Waals surface area contributed by atoms with Gasteiger partial charge in [-0.1, -0.05) is 23.7 Å². The van der Waals surface area contributed by atoms with E-state index in [-0.39, 0.29) is 5.91 Å². The number of aromatic nitrogens is 1. The molecule has 4 rings (SSSR count). The molecule has 0 atom stereocenters. The minimum atomic E-state index is -0.534. The Bertz CT molecular complexity index is 1180. The number of carbonyl (C=O) groups is 2. The molecule has 1 amide bonds. The molecule has 8 heteroatoms. The van der Waals surface area contributed by atoms with Crippen LogP contribution in [0.5, 0.6) is 0 Å². The fourth-order valence-corrected chi connectivity index (χ4v) is 3.85. The first kappa shape index (κ1) is 18.2. The van der Waals surface area contributed by atoms with Gasteiger partial charge in [-0.3, -0.25) is 4.79 Å². The average Bonchev–Trinajstić information content (AvgIpc) is 3.34. The Morgan fingerprint density at radius 1 is 1.18 bits per heavy atom. The summed E-state index contributed by atoms with van der Waals surface area (Å²) >= 11 is 7.19. The van der Waals surface area contributed by atoms with E-state index in [9.17, 15) is 9.59 Å². The highest BCUT2D eigenvalue weighted by molar-refractivity contribution is 7.15. The van der Waals surface area contributed by atoms with E-state index in [1.807, 2.05) is 0 Å². The zero-order valence-corrected chi connectivity index (χ0v) is 16.1. The van der Waals surface area contributed by atoms with Crippen LogP contribution >= 0.6 is 22.9 Å². The number of carbonyl (C=O) groups excluding carboxylic acids is 2. The molecule has 0 bridgehead atoms. The van der Waals surface area contributed by atoms with Crippen LogP contribution in [0.2, 0.25) is 5.02 Å². The molecule has 0 aliphatic heterocycles. The quantitative estimate of drug-likeness (QED) is 0.463. The zero-order chi connectivity index (χ0) is 19.7. The molecule has 0 fully saturated rings. The summed E-state index contributed by atoms with van der Waals surface area (Å²) in [5.41, 5.74) is 3.33. The Kier molecular flexibility index (Phi) is 4.85. The number of fused-ring (bicyclic) bond motifs is 1. The van der Waals surface area contributed by atoms with E-state index in [2.05, 4.69) is 10.3 Å². The summed E-state index contributed by atoms with van der Waals surface area (Å²) in [6, 6.07) is 12.0. The Morgan fingerprint density at radius 3 is 2.71 bits per heavy atom. The Morgan fingerprint density at radius 2 is 1.96 bits per heavy atom. The predicted molar refractivity (Wildman–Crippen MR) is 108 cm³/mol. The number of rotatable bonds is 4. The van der Waals surface area contributed by atoms with Gasteiger partial charge in [-0.2, -0.15) is 0 Å². The van der Waals surface area contributed by atoms with Gasteiger partial charge in [0.1, 0.15) is 16.1 Å². The maximum Gasteiger partial charge on any atom is 0.341 e. The summed E-state index contributed by atoms with van der Waals surface area (Å²) < 4.78 is 10.1. The molecule has 28 heavy (non-hydrogen) atoms. The molecule has 2 aromatic heterocycles. The number of hydrogen-bond donors (Lipinski definition) is 1. The third-order valence-corrected chi connectivity index (χ3v) is 5.30. The van der Waals surface area contributed by atoms with E-state index in [0.717, 1.165) is 5.56 Å². The number of ether oxygens (including phenoxy) is 1. The Balaban J connectivity index is 1.69. The maximum absolute atomic E-state index is 12.7. The number of anilines is 1. The van der Waals surface area contributed by atoms with Gasteiger partial charge in [0.15, 0.2) is 12.0 Å². The van der Waals surface area contributed by atoms with Gasteiger partial charge in [-0.15, -0.1) is 11.3 Å². The van der Waals surface area contributed by atoms with Gasteiger partial charge in [0.2, 0.25) is 0 Å². The molecule has 0 saturated carbocycles. The molecule has 0 radical (unpaired) electrons. The number of oxazole rings is 1. The standard InChI is InChI=1S/C20H13ClN2O4S/c1-26-20(25)17-14(11-2-5-13(21)6-3-11)9-28-19(17)23-18(24)12-4-7-16-15(8-12)22-10-27-16/h2-10H,1H3,(H,23,24). The fraction of sp³-hybridized carbons (Fsp3) is 0.0500. The molecule has 6 nitrogen and oxygen atoms in total. The third-order valence-electron chi connectivity index (χ3n) is 4.16. The van der Waals surface area contributed by atoms with E-state index in [4.69, 9.17) is 20.8 Å². The van der Waals surface area contributed by atoms with E-state index >= 15 is 0 Å². The van der Waals surface area contributed by atoms with Crippen molar-refractivity contribution in [2.75, 3.05) is 12.4 Å². The molecule has 2 aromatic carbocycles. The number of hydrogen-bond acceptors (Lipinski definition) is 6. The third kappa shape index (κ3) is 3.37. The summed E-state index contributed by atoms with van der Waals surface area (Å²) in [7, 11) is 1.30. The molecule has 0 aliphatic carbocycles. The molecule has 0 unspecified atom stereocenters. The molecule has 0 aliphatic rings. The summed E-state index contributed by atoms with van der Waals surface area (Å²) in [6.07, 6.45) is 1.32. The van der Waals surface area contributed by atoms with Gasteiger partial charge in [-0.05, 0) is 35.9 Å². The van der Waals surface area contributed by atoms with Gasteiger partial charge < -0.3 is 14.5 Å². The first-order valence-corrected chi connectivity index (χ1v) is 9.43. The zero-order valence-electron chi connectivity index (χ0n) is 14.6. The summed E-state index contributed by atoms with van der Waals surface area (Å²) in [5.74, 6) is -0.895. The predicted octanol–water partition coefficient (Wildman–Crippen LogP) is 5.25. The van der Waals surface area contributed by atoms with Gasteiger partial charge in [0.25, 0.3) is 5.91 Å². The first-order chi connectivity index (χ1) is 13.6. The number of thiophene rings is 1. The van der Waals surface area contributed by atoms with Crippen molar-refractivity contribution in [3.8, 4) is 11.1 Å². The van der Waals surface area contributed by atoms with Crippen molar-refractivity contribution in [2.24, 2.45) is 0 Å². The summed E-state index contributed by atoms with van der Waals surface area (Å²) in [6.45, 7) is 0. The summed E-state index contributed by atoms with van der Waals surface area (Å²) in [4.78, 5) is 29.1. The molecule has 0 saturated heterocycles. The smallest absolute Gasteiger partial charge is 0.341 e. The van der Waals surface area contributed by atoms with Crippen LogP contribution in [0.1, 0.15) is 20.7 Å². The minimum Gasteiger partial charge on any atom is -0.465 e. The Hall–Kier alpha value is -3.16. The number of amides is 1. The topological polar surface area (TPSA) is 81.4 Å². The SMILES string of the molecule is COC(=O)c1c(-c2ccc(Cl)cc2)csc1NC(=O)c1ccc2ocnc2c1. The second kappa shape index (κ2) is 7.46. The van der Waals surface area contributed by atoms with Crippen LogP contribution in [-0.4, -0.2) is 24.0 Å². The second-order valence-corrected chi connectivity index (χ2v) is 7.16. The van der Waals surface area contributed by atoms with Crippen LogP contribution < -0.4 is 5.32 Å². The van der Waals surface area contributed by atoms with Crippen molar-refractivity contribution in [3.05, 3.63) is 70.4 Å². The molecular formula is C20H13ClN2O4S. The second-order valence-electron chi connectivity index (χ2n) is 5.84. The molecule has 1 N–H and O–H groups in total. The van der Waals surface area contributed by atoms with Crippen LogP contribution in [0.3, 0.4) is 0 Å². The number of nitrogens with zero attached hydrogens (tertiary/aromatic N) is 1. The maximum atomic E-state index is 12.7. The van der Waals surface area contributed by atoms with Crippen LogP contribution in [0.25, 0.3) is 22.2 Å². The van der Waals surface area contributed by atoms with Gasteiger partial charge in [-0.25, -0.2) is 9.78 Å². The van der Waals surface area contributed by atoms with Crippen molar-refractivity contribution in [1.29, 1.82) is 0 Å². The molecule has 140 valence electrons. The lowest BCUT2D eigenvalue weighted by Gasteiger charge is -2.08. The van der Waals surface area contributed by atoms with Crippen molar-refractivity contribution in [1.82, 2.24) is 4.98 Å². The summed E-state index contributed by atoms with van der Waals surface area (Å²) in [5, 5.41) is 5.59. The highest BCUT2D eigenvalue weighted by atomic mass is 35.5. The minimum absolute atomic E-state index is 0.297. The van der Waals surface area contributed by atoms with Crippen LogP contribution in [0.4, 0.5) is 5.00 Å².